The third kappa shape index (κ3) is 1.81. The van der Waals surface area contributed by atoms with Crippen molar-refractivity contribution < 1.29 is 9.53 Å². The molecule has 2 saturated heterocycles. The topological polar surface area (TPSA) is 29.5 Å². The maximum absolute atomic E-state index is 12.0. The molecule has 0 spiro atoms. The number of thioether (sulfide) groups is 1. The molecule has 2 heterocycles. The Hall–Kier alpha value is -0.130. The number of amides is 1. The monoisotopic (exact) mass is 231 g/mol. The summed E-state index contributed by atoms with van der Waals surface area (Å²) in [5.41, 5.74) is 0. The SMILES string of the molecule is CC1CSC(=S)N1C(=O)C1CCOC1. The summed E-state index contributed by atoms with van der Waals surface area (Å²) >= 11 is 6.75. The molecule has 2 aliphatic heterocycles. The molecule has 0 aromatic carbocycles. The van der Waals surface area contributed by atoms with E-state index in [-0.39, 0.29) is 17.9 Å². The Kier molecular flexibility index (Phi) is 3.09. The van der Waals surface area contributed by atoms with Crippen molar-refractivity contribution in [1.82, 2.24) is 4.90 Å². The van der Waals surface area contributed by atoms with Crippen molar-refractivity contribution in [2.24, 2.45) is 5.92 Å². The molecule has 0 saturated carbocycles. The van der Waals surface area contributed by atoms with Gasteiger partial charge in [0.15, 0.2) is 0 Å². The third-order valence-electron chi connectivity index (χ3n) is 2.60. The van der Waals surface area contributed by atoms with Gasteiger partial charge in [-0.25, -0.2) is 0 Å². The van der Waals surface area contributed by atoms with Crippen molar-refractivity contribution in [3.63, 3.8) is 0 Å². The van der Waals surface area contributed by atoms with Crippen LogP contribution in [0.3, 0.4) is 0 Å². The van der Waals surface area contributed by atoms with E-state index in [4.69, 9.17) is 17.0 Å². The predicted molar refractivity (Wildman–Crippen MR) is 60.3 cm³/mol. The van der Waals surface area contributed by atoms with E-state index < -0.39 is 0 Å². The second-order valence-electron chi connectivity index (χ2n) is 3.69. The lowest BCUT2D eigenvalue weighted by molar-refractivity contribution is -0.132. The van der Waals surface area contributed by atoms with E-state index in [1.54, 1.807) is 16.7 Å². The van der Waals surface area contributed by atoms with E-state index >= 15 is 0 Å². The van der Waals surface area contributed by atoms with Gasteiger partial charge < -0.3 is 4.74 Å². The van der Waals surface area contributed by atoms with Gasteiger partial charge in [-0.1, -0.05) is 24.0 Å². The standard InChI is InChI=1S/C9H13NO2S2/c1-6-5-14-9(13)10(6)8(11)7-2-3-12-4-7/h6-7H,2-5H2,1H3. The minimum atomic E-state index is 0.0362. The average molecular weight is 231 g/mol. The fourth-order valence-electron chi connectivity index (χ4n) is 1.75. The summed E-state index contributed by atoms with van der Waals surface area (Å²) < 4.78 is 5.94. The van der Waals surface area contributed by atoms with Crippen LogP contribution in [-0.4, -0.2) is 40.1 Å². The molecule has 2 rings (SSSR count). The second-order valence-corrected chi connectivity index (χ2v) is 5.35. The Morgan fingerprint density at radius 1 is 1.71 bits per heavy atom. The molecule has 0 radical (unpaired) electrons. The molecular weight excluding hydrogens is 218 g/mol. The molecule has 0 aliphatic carbocycles. The zero-order valence-corrected chi connectivity index (χ0v) is 9.70. The molecule has 2 fully saturated rings. The van der Waals surface area contributed by atoms with E-state index in [1.807, 2.05) is 6.92 Å². The fourth-order valence-corrected chi connectivity index (χ4v) is 3.16. The van der Waals surface area contributed by atoms with E-state index in [2.05, 4.69) is 0 Å². The van der Waals surface area contributed by atoms with E-state index in [0.29, 0.717) is 13.2 Å². The van der Waals surface area contributed by atoms with Gasteiger partial charge in [0.1, 0.15) is 4.32 Å². The molecule has 0 N–H and O–H groups in total. The van der Waals surface area contributed by atoms with Crippen molar-refractivity contribution in [2.45, 2.75) is 19.4 Å². The van der Waals surface area contributed by atoms with E-state index in [0.717, 1.165) is 16.5 Å². The van der Waals surface area contributed by atoms with Gasteiger partial charge >= 0.3 is 0 Å². The number of hydrogen-bond donors (Lipinski definition) is 0. The molecule has 1 amide bonds. The van der Waals surface area contributed by atoms with Crippen molar-refractivity contribution >= 4 is 34.2 Å². The predicted octanol–water partition coefficient (Wildman–Crippen LogP) is 1.27. The van der Waals surface area contributed by atoms with Crippen LogP contribution in [0.25, 0.3) is 0 Å². The Bertz CT molecular complexity index is 264. The van der Waals surface area contributed by atoms with E-state index in [1.165, 1.54) is 0 Å². The summed E-state index contributed by atoms with van der Waals surface area (Å²) in [6, 6.07) is 0.251. The van der Waals surface area contributed by atoms with Gasteiger partial charge in [-0.05, 0) is 13.3 Å². The van der Waals surface area contributed by atoms with Gasteiger partial charge in [0.05, 0.1) is 12.5 Å². The van der Waals surface area contributed by atoms with Crippen molar-refractivity contribution in [3.8, 4) is 0 Å². The molecule has 0 aromatic heterocycles. The lowest BCUT2D eigenvalue weighted by Gasteiger charge is -2.22. The average Bonchev–Trinajstić information content (AvgIpc) is 2.75. The van der Waals surface area contributed by atoms with Gasteiger partial charge in [0, 0.05) is 18.4 Å². The first-order valence-electron chi connectivity index (χ1n) is 4.77. The highest BCUT2D eigenvalue weighted by atomic mass is 32.2. The third-order valence-corrected chi connectivity index (χ3v) is 4.24. The van der Waals surface area contributed by atoms with E-state index in [9.17, 15) is 4.79 Å². The number of carbonyl (C=O) groups excluding carboxylic acids is 1. The van der Waals surface area contributed by atoms with Gasteiger partial charge in [-0.15, -0.1) is 0 Å². The molecule has 2 unspecified atom stereocenters. The number of hydrogen-bond acceptors (Lipinski definition) is 4. The maximum atomic E-state index is 12.0. The molecular formula is C9H13NO2S2. The minimum absolute atomic E-state index is 0.0362. The summed E-state index contributed by atoms with van der Waals surface area (Å²) in [6.07, 6.45) is 0.843. The van der Waals surface area contributed by atoms with Crippen LogP contribution in [0.4, 0.5) is 0 Å². The van der Waals surface area contributed by atoms with Crippen molar-refractivity contribution in [1.29, 1.82) is 0 Å². The van der Waals surface area contributed by atoms with Crippen LogP contribution in [0.5, 0.6) is 0 Å². The number of rotatable bonds is 1. The van der Waals surface area contributed by atoms with Crippen LogP contribution in [-0.2, 0) is 9.53 Å². The van der Waals surface area contributed by atoms with Gasteiger partial charge in [0.25, 0.3) is 0 Å². The fraction of sp³-hybridized carbons (Fsp3) is 0.778. The Morgan fingerprint density at radius 3 is 3.00 bits per heavy atom. The first kappa shape index (κ1) is 10.4. The molecule has 5 heteroatoms. The highest BCUT2D eigenvalue weighted by Crippen LogP contribution is 2.27. The summed E-state index contributed by atoms with van der Waals surface area (Å²) in [7, 11) is 0. The highest BCUT2D eigenvalue weighted by molar-refractivity contribution is 8.23. The van der Waals surface area contributed by atoms with Crippen LogP contribution < -0.4 is 0 Å². The van der Waals surface area contributed by atoms with Crippen LogP contribution in [0.1, 0.15) is 13.3 Å². The van der Waals surface area contributed by atoms with Gasteiger partial charge in [-0.2, -0.15) is 0 Å². The Labute approximate surface area is 93.2 Å². The quantitative estimate of drug-likeness (QED) is 0.636. The smallest absolute Gasteiger partial charge is 0.233 e. The first-order valence-corrected chi connectivity index (χ1v) is 6.17. The molecule has 0 aromatic rings. The second kappa shape index (κ2) is 4.16. The number of carbonyl (C=O) groups is 1. The van der Waals surface area contributed by atoms with Gasteiger partial charge in [-0.3, -0.25) is 9.69 Å². The summed E-state index contributed by atoms with van der Waals surface area (Å²) in [5, 5.41) is 0. The molecule has 78 valence electrons. The number of ether oxygens (including phenoxy) is 1. The molecule has 3 nitrogen and oxygen atoms in total. The Balaban J connectivity index is 2.05. The lowest BCUT2D eigenvalue weighted by atomic mass is 10.1. The summed E-state index contributed by atoms with van der Waals surface area (Å²) in [6.45, 7) is 3.31. The summed E-state index contributed by atoms with van der Waals surface area (Å²) in [5.74, 6) is 1.12. The molecule has 2 atom stereocenters. The Morgan fingerprint density at radius 2 is 2.50 bits per heavy atom. The minimum Gasteiger partial charge on any atom is -0.381 e. The first-order chi connectivity index (χ1) is 6.70. The van der Waals surface area contributed by atoms with Crippen molar-refractivity contribution in [3.05, 3.63) is 0 Å². The highest BCUT2D eigenvalue weighted by Gasteiger charge is 2.36. The molecule has 0 bridgehead atoms. The van der Waals surface area contributed by atoms with Crippen LogP contribution in [0.15, 0.2) is 0 Å². The largest absolute Gasteiger partial charge is 0.381 e. The van der Waals surface area contributed by atoms with Crippen LogP contribution in [0.2, 0.25) is 0 Å². The normalized spacial score (nSPS) is 32.6. The van der Waals surface area contributed by atoms with Gasteiger partial charge in [0.2, 0.25) is 5.91 Å². The van der Waals surface area contributed by atoms with Crippen LogP contribution >= 0.6 is 24.0 Å². The maximum Gasteiger partial charge on any atom is 0.233 e. The lowest BCUT2D eigenvalue weighted by Crippen LogP contribution is -2.41. The number of thiocarbonyl (C=S) groups is 1. The zero-order chi connectivity index (χ0) is 10.1. The zero-order valence-electron chi connectivity index (χ0n) is 8.06. The molecule has 2 aliphatic rings. The summed E-state index contributed by atoms with van der Waals surface area (Å²) in [4.78, 5) is 13.8. The van der Waals surface area contributed by atoms with Crippen LogP contribution in [0, 0.1) is 5.92 Å². The molecule has 14 heavy (non-hydrogen) atoms. The van der Waals surface area contributed by atoms with Crippen molar-refractivity contribution in [2.75, 3.05) is 19.0 Å². The number of nitrogens with zero attached hydrogens (tertiary/aromatic N) is 1.